The lowest BCUT2D eigenvalue weighted by atomic mass is 10.0. The number of hydrogen-bond donors (Lipinski definition) is 2. The van der Waals surface area contributed by atoms with Crippen molar-refractivity contribution in [3.8, 4) is 0 Å². The summed E-state index contributed by atoms with van der Waals surface area (Å²) in [5.41, 5.74) is 11.1. The Kier molecular flexibility index (Phi) is 5.26. The van der Waals surface area contributed by atoms with Gasteiger partial charge in [-0.25, -0.2) is 0 Å². The van der Waals surface area contributed by atoms with Crippen molar-refractivity contribution in [3.05, 3.63) is 104 Å². The second-order valence-electron chi connectivity index (χ2n) is 5.77. The molecular weight excluding hydrogens is 362 g/mol. The summed E-state index contributed by atoms with van der Waals surface area (Å²) in [6.07, 6.45) is 0. The monoisotopic (exact) mass is 377 g/mol. The van der Waals surface area contributed by atoms with Crippen molar-refractivity contribution in [1.29, 1.82) is 0 Å². The molecule has 0 saturated carbocycles. The van der Waals surface area contributed by atoms with E-state index in [1.54, 1.807) is 12.1 Å². The summed E-state index contributed by atoms with van der Waals surface area (Å²) in [6, 6.07) is 18.9. The largest absolute Gasteiger partial charge is 0.398 e. The molecule has 0 radical (unpaired) electrons. The highest BCUT2D eigenvalue weighted by molar-refractivity contribution is 6.16. The van der Waals surface area contributed by atoms with Crippen LogP contribution in [0.2, 0.25) is 0 Å². The van der Waals surface area contributed by atoms with Gasteiger partial charge in [-0.15, -0.1) is 0 Å². The first-order valence-corrected chi connectivity index (χ1v) is 8.13. The number of rotatable bonds is 6. The lowest BCUT2D eigenvalue weighted by Gasteiger charge is -2.11. The number of nitrogens with two attached hydrogens (primary N) is 1. The van der Waals surface area contributed by atoms with E-state index in [0.717, 1.165) is 0 Å². The number of hydrogen-bond acceptors (Lipinski definition) is 7. The van der Waals surface area contributed by atoms with Crippen LogP contribution in [0.1, 0.15) is 11.1 Å². The van der Waals surface area contributed by atoms with Crippen molar-refractivity contribution in [2.75, 3.05) is 11.2 Å². The van der Waals surface area contributed by atoms with E-state index in [1.165, 1.54) is 42.5 Å². The zero-order valence-electron chi connectivity index (χ0n) is 14.5. The fourth-order valence-electron chi connectivity index (χ4n) is 2.52. The second kappa shape index (κ2) is 7.96. The topological polar surface area (TPSA) is 137 Å². The number of nitro groups is 2. The Morgan fingerprint density at radius 1 is 0.857 bits per heavy atom. The number of non-ortho nitro benzene ring substituents is 2. The van der Waals surface area contributed by atoms with Gasteiger partial charge in [-0.3, -0.25) is 25.7 Å². The van der Waals surface area contributed by atoms with Crippen LogP contribution in [-0.4, -0.2) is 15.6 Å². The highest BCUT2D eigenvalue weighted by Crippen LogP contribution is 2.24. The van der Waals surface area contributed by atoms with Crippen molar-refractivity contribution in [3.63, 3.8) is 0 Å². The maximum Gasteiger partial charge on any atom is 0.270 e. The van der Waals surface area contributed by atoms with Crippen LogP contribution in [0.5, 0.6) is 0 Å². The molecule has 0 aliphatic carbocycles. The Hall–Kier alpha value is -4.27. The Balaban J connectivity index is 2.03. The van der Waals surface area contributed by atoms with E-state index in [2.05, 4.69) is 10.5 Å². The van der Waals surface area contributed by atoms with E-state index in [1.807, 2.05) is 18.2 Å². The summed E-state index contributed by atoms with van der Waals surface area (Å²) in [5, 5.41) is 26.3. The highest BCUT2D eigenvalue weighted by Gasteiger charge is 2.16. The molecular formula is C19H15N5O4. The standard InChI is InChI=1S/C19H15N5O4/c20-18-11-10-16(24(27)28)12-17(18)19(13-4-2-1-3-5-13)22-21-14-6-8-15(9-7-14)23(25)26/h1-12,21H,20H2. The quantitative estimate of drug-likeness (QED) is 0.289. The van der Waals surface area contributed by atoms with E-state index < -0.39 is 9.85 Å². The Bertz CT molecular complexity index is 1050. The number of benzene rings is 3. The normalized spacial score (nSPS) is 11.1. The number of hydrazone groups is 1. The van der Waals surface area contributed by atoms with Crippen LogP contribution in [0.4, 0.5) is 22.7 Å². The fraction of sp³-hybridized carbons (Fsp3) is 0. The van der Waals surface area contributed by atoms with Gasteiger partial charge in [0.1, 0.15) is 5.71 Å². The molecule has 140 valence electrons. The summed E-state index contributed by atoms with van der Waals surface area (Å²) < 4.78 is 0. The van der Waals surface area contributed by atoms with Crippen LogP contribution in [0.25, 0.3) is 0 Å². The minimum Gasteiger partial charge on any atom is -0.398 e. The van der Waals surface area contributed by atoms with Crippen molar-refractivity contribution in [2.24, 2.45) is 5.10 Å². The van der Waals surface area contributed by atoms with Crippen LogP contribution in [-0.2, 0) is 0 Å². The van der Waals surface area contributed by atoms with Gasteiger partial charge in [0.25, 0.3) is 11.4 Å². The summed E-state index contributed by atoms with van der Waals surface area (Å²) >= 11 is 0. The summed E-state index contributed by atoms with van der Waals surface area (Å²) in [7, 11) is 0. The lowest BCUT2D eigenvalue weighted by molar-refractivity contribution is -0.385. The van der Waals surface area contributed by atoms with Gasteiger partial charge >= 0.3 is 0 Å². The molecule has 9 nitrogen and oxygen atoms in total. The molecule has 0 saturated heterocycles. The predicted molar refractivity (Wildman–Crippen MR) is 106 cm³/mol. The van der Waals surface area contributed by atoms with Crippen molar-refractivity contribution in [1.82, 2.24) is 0 Å². The maximum atomic E-state index is 11.1. The van der Waals surface area contributed by atoms with Crippen molar-refractivity contribution < 1.29 is 9.85 Å². The number of anilines is 2. The average molecular weight is 377 g/mol. The Morgan fingerprint density at radius 2 is 1.46 bits per heavy atom. The molecule has 0 aromatic heterocycles. The molecule has 3 rings (SSSR count). The zero-order chi connectivity index (χ0) is 20.1. The first kappa shape index (κ1) is 18.5. The van der Waals surface area contributed by atoms with Gasteiger partial charge in [-0.05, 0) is 18.2 Å². The van der Waals surface area contributed by atoms with Gasteiger partial charge in [0.05, 0.1) is 15.5 Å². The van der Waals surface area contributed by atoms with Crippen LogP contribution in [0.3, 0.4) is 0 Å². The number of nitrogens with zero attached hydrogens (tertiary/aromatic N) is 3. The van der Waals surface area contributed by atoms with E-state index in [4.69, 9.17) is 5.73 Å². The first-order valence-electron chi connectivity index (χ1n) is 8.13. The van der Waals surface area contributed by atoms with Gasteiger partial charge in [0, 0.05) is 41.1 Å². The molecule has 28 heavy (non-hydrogen) atoms. The molecule has 3 aromatic rings. The summed E-state index contributed by atoms with van der Waals surface area (Å²) in [4.78, 5) is 20.9. The lowest BCUT2D eigenvalue weighted by Crippen LogP contribution is -2.10. The van der Waals surface area contributed by atoms with E-state index >= 15 is 0 Å². The Labute approximate surface area is 159 Å². The van der Waals surface area contributed by atoms with Gasteiger partial charge < -0.3 is 5.73 Å². The first-order chi connectivity index (χ1) is 13.5. The van der Waals surface area contributed by atoms with Crippen LogP contribution < -0.4 is 11.2 Å². The molecule has 3 aromatic carbocycles. The predicted octanol–water partition coefficient (Wildman–Crippen LogP) is 3.95. The van der Waals surface area contributed by atoms with Gasteiger partial charge in [0.15, 0.2) is 0 Å². The number of nitrogens with one attached hydrogen (secondary N) is 1. The third-order valence-corrected chi connectivity index (χ3v) is 3.92. The van der Waals surface area contributed by atoms with Crippen LogP contribution >= 0.6 is 0 Å². The van der Waals surface area contributed by atoms with Crippen molar-refractivity contribution >= 4 is 28.5 Å². The molecule has 0 spiro atoms. The molecule has 0 atom stereocenters. The third kappa shape index (κ3) is 4.10. The molecule has 0 fully saturated rings. The van der Waals surface area contributed by atoms with Crippen molar-refractivity contribution in [2.45, 2.75) is 0 Å². The molecule has 0 bridgehead atoms. The minimum atomic E-state index is -0.505. The molecule has 9 heteroatoms. The summed E-state index contributed by atoms with van der Waals surface area (Å²) in [6.45, 7) is 0. The second-order valence-corrected chi connectivity index (χ2v) is 5.77. The Morgan fingerprint density at radius 3 is 2.07 bits per heavy atom. The molecule has 3 N–H and O–H groups in total. The van der Waals surface area contributed by atoms with E-state index in [9.17, 15) is 20.2 Å². The third-order valence-electron chi connectivity index (χ3n) is 3.92. The maximum absolute atomic E-state index is 11.1. The van der Waals surface area contributed by atoms with E-state index in [-0.39, 0.29) is 11.4 Å². The number of nitro benzene ring substituents is 2. The van der Waals surface area contributed by atoms with E-state index in [0.29, 0.717) is 28.2 Å². The van der Waals surface area contributed by atoms with Gasteiger partial charge in [-0.2, -0.15) is 5.10 Å². The molecule has 0 aliphatic rings. The highest BCUT2D eigenvalue weighted by atomic mass is 16.6. The molecule has 0 unspecified atom stereocenters. The smallest absolute Gasteiger partial charge is 0.270 e. The molecule has 0 heterocycles. The zero-order valence-corrected chi connectivity index (χ0v) is 14.5. The minimum absolute atomic E-state index is 0.0410. The van der Waals surface area contributed by atoms with Crippen LogP contribution in [0.15, 0.2) is 77.9 Å². The summed E-state index contributed by atoms with van der Waals surface area (Å²) in [5.74, 6) is 0. The number of nitrogen functional groups attached to an aromatic ring is 1. The van der Waals surface area contributed by atoms with Gasteiger partial charge in [-0.1, -0.05) is 30.3 Å². The SMILES string of the molecule is Nc1ccc([N+](=O)[O-])cc1C(=NNc1ccc([N+](=O)[O-])cc1)c1ccccc1. The molecule has 0 amide bonds. The van der Waals surface area contributed by atoms with Gasteiger partial charge in [0.2, 0.25) is 0 Å². The molecule has 0 aliphatic heterocycles. The fourth-order valence-corrected chi connectivity index (χ4v) is 2.52. The average Bonchev–Trinajstić information content (AvgIpc) is 2.70. The van der Waals surface area contributed by atoms with Crippen LogP contribution in [0, 0.1) is 20.2 Å².